The van der Waals surface area contributed by atoms with E-state index in [-0.39, 0.29) is 31.0 Å². The largest absolute Gasteiger partial charge is 0.352 e. The molecule has 1 aromatic rings. The number of nitrogens with one attached hydrogen (secondary N) is 1. The monoisotopic (exact) mass is 411 g/mol. The molecule has 160 valence electrons. The summed E-state index contributed by atoms with van der Waals surface area (Å²) in [4.78, 5) is 12.9. The smallest absolute Gasteiger partial charge is 0.341 e. The van der Waals surface area contributed by atoms with Crippen molar-refractivity contribution >= 4 is 13.5 Å². The summed E-state index contributed by atoms with van der Waals surface area (Å²) in [7, 11) is -3.42. The van der Waals surface area contributed by atoms with Gasteiger partial charge >= 0.3 is 7.60 Å². The topological polar surface area (TPSA) is 64.6 Å². The van der Waals surface area contributed by atoms with E-state index in [1.54, 1.807) is 13.8 Å². The van der Waals surface area contributed by atoms with Crippen LogP contribution in [-0.2, 0) is 24.8 Å². The molecule has 0 bridgehead atoms. The molecule has 0 aliphatic heterocycles. The summed E-state index contributed by atoms with van der Waals surface area (Å²) in [5, 5.41) is 2.95. The number of carbonyl (C=O) groups excluding carboxylic acids is 1. The van der Waals surface area contributed by atoms with Crippen LogP contribution in [0.15, 0.2) is 24.3 Å². The number of hydrogen-bond donors (Lipinski definition) is 1. The lowest BCUT2D eigenvalue weighted by Crippen LogP contribution is -2.39. The lowest BCUT2D eigenvalue weighted by Gasteiger charge is -2.29. The van der Waals surface area contributed by atoms with Crippen LogP contribution < -0.4 is 5.32 Å². The third-order valence-corrected chi connectivity index (χ3v) is 6.86. The van der Waals surface area contributed by atoms with Gasteiger partial charge in [-0.05, 0) is 56.6 Å². The van der Waals surface area contributed by atoms with E-state index < -0.39 is 13.4 Å². The Bertz CT molecular complexity index is 632. The van der Waals surface area contributed by atoms with E-state index in [0.717, 1.165) is 12.0 Å². The van der Waals surface area contributed by atoms with Gasteiger partial charge in [-0.3, -0.25) is 9.36 Å². The van der Waals surface area contributed by atoms with Crippen molar-refractivity contribution in [2.75, 3.05) is 13.2 Å². The second-order valence-electron chi connectivity index (χ2n) is 8.09. The fourth-order valence-corrected chi connectivity index (χ4v) is 5.26. The van der Waals surface area contributed by atoms with Crippen molar-refractivity contribution in [3.8, 4) is 0 Å². The Morgan fingerprint density at radius 1 is 0.964 bits per heavy atom. The van der Waals surface area contributed by atoms with Gasteiger partial charge in [0.15, 0.2) is 0 Å². The lowest BCUT2D eigenvalue weighted by atomic mass is 9.96. The second kappa shape index (κ2) is 11.7. The van der Waals surface area contributed by atoms with Crippen LogP contribution in [0.4, 0.5) is 0 Å². The second-order valence-corrected chi connectivity index (χ2v) is 10.3. The van der Waals surface area contributed by atoms with Gasteiger partial charge in [0, 0.05) is 0 Å². The van der Waals surface area contributed by atoms with Crippen LogP contribution >= 0.6 is 7.60 Å². The minimum Gasteiger partial charge on any atom is -0.341 e. The van der Waals surface area contributed by atoms with E-state index in [1.165, 1.54) is 5.56 Å². The SMILES string of the molecule is CCOP(=O)(OCC)[C@H](CC(C)C)NC(=O)[C@@H](C)c1ccc(CC(C)C)cc1. The molecule has 0 aliphatic carbocycles. The first-order valence-electron chi connectivity index (χ1n) is 10.4. The summed E-state index contributed by atoms with van der Waals surface area (Å²) < 4.78 is 24.2. The predicted molar refractivity (Wildman–Crippen MR) is 116 cm³/mol. The number of carbonyl (C=O) groups is 1. The van der Waals surface area contributed by atoms with Crippen LogP contribution in [0.2, 0.25) is 0 Å². The first kappa shape index (κ1) is 24.9. The van der Waals surface area contributed by atoms with E-state index >= 15 is 0 Å². The fourth-order valence-electron chi connectivity index (χ4n) is 3.15. The number of rotatable bonds is 12. The van der Waals surface area contributed by atoms with Gasteiger partial charge < -0.3 is 14.4 Å². The Morgan fingerprint density at radius 3 is 1.93 bits per heavy atom. The highest BCUT2D eigenvalue weighted by atomic mass is 31.2. The van der Waals surface area contributed by atoms with Gasteiger partial charge in [-0.15, -0.1) is 0 Å². The van der Waals surface area contributed by atoms with E-state index in [4.69, 9.17) is 9.05 Å². The number of amides is 1. The molecule has 0 spiro atoms. The maximum atomic E-state index is 13.2. The zero-order valence-corrected chi connectivity index (χ0v) is 19.4. The van der Waals surface area contributed by atoms with Crippen molar-refractivity contribution in [1.82, 2.24) is 5.32 Å². The van der Waals surface area contributed by atoms with Crippen LogP contribution in [0.1, 0.15) is 71.9 Å². The summed E-state index contributed by atoms with van der Waals surface area (Å²) >= 11 is 0. The molecule has 0 aliphatic rings. The fraction of sp³-hybridized carbons (Fsp3) is 0.682. The average molecular weight is 412 g/mol. The highest BCUT2D eigenvalue weighted by molar-refractivity contribution is 7.54. The van der Waals surface area contributed by atoms with Gasteiger partial charge in [0.05, 0.1) is 19.1 Å². The van der Waals surface area contributed by atoms with Gasteiger partial charge in [0.1, 0.15) is 5.78 Å². The standard InChI is InChI=1S/C22H38NO4P/c1-8-26-28(25,27-9-2)21(15-17(5)6)23-22(24)18(7)20-12-10-19(11-13-20)14-16(3)4/h10-13,16-18,21H,8-9,14-15H2,1-7H3,(H,23,24)/t18-,21+/m0/s1. The minimum absolute atomic E-state index is 0.165. The van der Waals surface area contributed by atoms with Crippen molar-refractivity contribution in [1.29, 1.82) is 0 Å². The average Bonchev–Trinajstić information content (AvgIpc) is 2.60. The molecule has 28 heavy (non-hydrogen) atoms. The molecule has 0 radical (unpaired) electrons. The highest BCUT2D eigenvalue weighted by Crippen LogP contribution is 2.53. The first-order valence-corrected chi connectivity index (χ1v) is 12.0. The Hall–Kier alpha value is -1.16. The number of benzene rings is 1. The lowest BCUT2D eigenvalue weighted by molar-refractivity contribution is -0.122. The Kier molecular flexibility index (Phi) is 10.4. The minimum atomic E-state index is -3.42. The van der Waals surface area contributed by atoms with Gasteiger partial charge in [0.25, 0.3) is 0 Å². The third kappa shape index (κ3) is 7.69. The van der Waals surface area contributed by atoms with Crippen molar-refractivity contribution in [2.45, 2.75) is 73.0 Å². The molecule has 0 unspecified atom stereocenters. The van der Waals surface area contributed by atoms with Gasteiger partial charge in [-0.1, -0.05) is 52.0 Å². The van der Waals surface area contributed by atoms with Crippen LogP contribution in [0, 0.1) is 11.8 Å². The summed E-state index contributed by atoms with van der Waals surface area (Å²) in [6.07, 6.45) is 1.55. The predicted octanol–water partition coefficient (Wildman–Crippen LogP) is 5.74. The molecule has 6 heteroatoms. The Morgan fingerprint density at radius 2 is 1.50 bits per heavy atom. The maximum absolute atomic E-state index is 13.2. The number of hydrogen-bond acceptors (Lipinski definition) is 4. The maximum Gasteiger partial charge on any atom is 0.352 e. The molecular formula is C22H38NO4P. The molecule has 0 saturated carbocycles. The van der Waals surface area contributed by atoms with E-state index in [9.17, 15) is 9.36 Å². The molecule has 1 rings (SSSR count). The summed E-state index contributed by atoms with van der Waals surface area (Å²) in [5.41, 5.74) is 2.21. The van der Waals surface area contributed by atoms with E-state index in [1.807, 2.05) is 32.9 Å². The van der Waals surface area contributed by atoms with Crippen molar-refractivity contribution in [3.63, 3.8) is 0 Å². The Labute approximate surface area is 171 Å². The normalized spacial score (nSPS) is 14.3. The van der Waals surface area contributed by atoms with Gasteiger partial charge in [-0.25, -0.2) is 0 Å². The molecule has 0 fully saturated rings. The molecular weight excluding hydrogens is 373 g/mol. The van der Waals surface area contributed by atoms with Crippen molar-refractivity contribution in [3.05, 3.63) is 35.4 Å². The molecule has 1 amide bonds. The van der Waals surface area contributed by atoms with Crippen molar-refractivity contribution in [2.24, 2.45) is 11.8 Å². The quantitative estimate of drug-likeness (QED) is 0.445. The highest BCUT2D eigenvalue weighted by Gasteiger charge is 2.37. The van der Waals surface area contributed by atoms with E-state index in [0.29, 0.717) is 12.3 Å². The van der Waals surface area contributed by atoms with Crippen LogP contribution in [0.5, 0.6) is 0 Å². The first-order chi connectivity index (χ1) is 13.1. The van der Waals surface area contributed by atoms with Crippen molar-refractivity contribution < 1.29 is 18.4 Å². The van der Waals surface area contributed by atoms with Crippen LogP contribution in [0.3, 0.4) is 0 Å². The molecule has 1 aromatic carbocycles. The molecule has 2 atom stereocenters. The van der Waals surface area contributed by atoms with Gasteiger partial charge in [0.2, 0.25) is 5.91 Å². The molecule has 0 heterocycles. The van der Waals surface area contributed by atoms with Crippen LogP contribution in [-0.4, -0.2) is 24.9 Å². The Balaban J connectivity index is 2.95. The zero-order chi connectivity index (χ0) is 21.3. The van der Waals surface area contributed by atoms with Gasteiger partial charge in [-0.2, -0.15) is 0 Å². The zero-order valence-electron chi connectivity index (χ0n) is 18.5. The van der Waals surface area contributed by atoms with Crippen LogP contribution in [0.25, 0.3) is 0 Å². The molecule has 5 nitrogen and oxygen atoms in total. The van der Waals surface area contributed by atoms with E-state index in [2.05, 4.69) is 31.3 Å². The summed E-state index contributed by atoms with van der Waals surface area (Å²) in [6, 6.07) is 8.17. The summed E-state index contributed by atoms with van der Waals surface area (Å²) in [5.74, 6) is -0.330. The third-order valence-electron chi connectivity index (χ3n) is 4.52. The molecule has 0 saturated heterocycles. The molecule has 0 aromatic heterocycles. The molecule has 1 N–H and O–H groups in total. The summed E-state index contributed by atoms with van der Waals surface area (Å²) in [6.45, 7) is 14.4.